The molecule has 0 saturated carbocycles. The molecule has 0 N–H and O–H groups in total. The van der Waals surface area contributed by atoms with Gasteiger partial charge in [-0.05, 0) is 42.3 Å². The number of hydrogen-bond donors (Lipinski definition) is 0. The zero-order chi connectivity index (χ0) is 15.2. The van der Waals surface area contributed by atoms with Crippen molar-refractivity contribution < 1.29 is 9.47 Å². The molecule has 3 nitrogen and oxygen atoms in total. The minimum Gasteiger partial charge on any atom is -0.493 e. The fraction of sp³-hybridized carbons (Fsp3) is 0.167. The van der Waals surface area contributed by atoms with Gasteiger partial charge in [0.2, 0.25) is 0 Å². The standard InChI is InChI=1S/C18H17NO2/c1-13-4-6-14(7-5-13)10-16(12-19)15-8-9-17(20-2)18(11-15)21-3/h4-11H,1-3H3/b16-10+. The number of aryl methyl sites for hydroxylation is 1. The SMILES string of the molecule is COc1ccc(/C(C#N)=C/c2ccc(C)cc2)cc1OC. The van der Waals surface area contributed by atoms with Crippen molar-refractivity contribution in [3.05, 3.63) is 59.2 Å². The molecule has 0 unspecified atom stereocenters. The van der Waals surface area contributed by atoms with Gasteiger partial charge in [0.15, 0.2) is 11.5 Å². The predicted molar refractivity (Wildman–Crippen MR) is 84.2 cm³/mol. The van der Waals surface area contributed by atoms with E-state index in [0.29, 0.717) is 17.1 Å². The number of nitrogens with zero attached hydrogens (tertiary/aromatic N) is 1. The Labute approximate surface area is 125 Å². The van der Waals surface area contributed by atoms with E-state index in [-0.39, 0.29) is 0 Å². The molecule has 106 valence electrons. The molecule has 0 aromatic heterocycles. The van der Waals surface area contributed by atoms with Crippen molar-refractivity contribution >= 4 is 11.6 Å². The Morgan fingerprint density at radius 1 is 1.00 bits per heavy atom. The number of hydrogen-bond acceptors (Lipinski definition) is 3. The molecule has 0 bridgehead atoms. The summed E-state index contributed by atoms with van der Waals surface area (Å²) in [6, 6.07) is 15.7. The average molecular weight is 279 g/mol. The molecule has 0 spiro atoms. The molecule has 3 heteroatoms. The first-order valence-corrected chi connectivity index (χ1v) is 6.59. The third-order valence-corrected chi connectivity index (χ3v) is 3.20. The van der Waals surface area contributed by atoms with Crippen LogP contribution >= 0.6 is 0 Å². The van der Waals surface area contributed by atoms with Gasteiger partial charge in [0.1, 0.15) is 0 Å². The summed E-state index contributed by atoms with van der Waals surface area (Å²) in [5.41, 5.74) is 3.57. The zero-order valence-corrected chi connectivity index (χ0v) is 12.4. The van der Waals surface area contributed by atoms with Crippen LogP contribution in [-0.4, -0.2) is 14.2 Å². The highest BCUT2D eigenvalue weighted by Gasteiger charge is 2.08. The van der Waals surface area contributed by atoms with E-state index in [9.17, 15) is 5.26 Å². The van der Waals surface area contributed by atoms with Crippen molar-refractivity contribution in [2.24, 2.45) is 0 Å². The lowest BCUT2D eigenvalue weighted by Crippen LogP contribution is -1.92. The summed E-state index contributed by atoms with van der Waals surface area (Å²) in [5, 5.41) is 9.40. The van der Waals surface area contributed by atoms with Gasteiger partial charge in [-0.3, -0.25) is 0 Å². The van der Waals surface area contributed by atoms with E-state index in [0.717, 1.165) is 11.1 Å². The number of nitriles is 1. The first-order valence-electron chi connectivity index (χ1n) is 6.59. The van der Waals surface area contributed by atoms with E-state index >= 15 is 0 Å². The van der Waals surface area contributed by atoms with Gasteiger partial charge in [-0.1, -0.05) is 29.8 Å². The molecular formula is C18H17NO2. The Morgan fingerprint density at radius 2 is 1.67 bits per heavy atom. The maximum Gasteiger partial charge on any atom is 0.161 e. The summed E-state index contributed by atoms with van der Waals surface area (Å²) in [5.74, 6) is 1.26. The van der Waals surface area contributed by atoms with Crippen molar-refractivity contribution in [1.29, 1.82) is 5.26 Å². The minimum absolute atomic E-state index is 0.583. The van der Waals surface area contributed by atoms with Crippen LogP contribution in [0.15, 0.2) is 42.5 Å². The first kappa shape index (κ1) is 14.7. The van der Waals surface area contributed by atoms with Crippen LogP contribution in [0.1, 0.15) is 16.7 Å². The van der Waals surface area contributed by atoms with E-state index in [2.05, 4.69) is 6.07 Å². The summed E-state index contributed by atoms with van der Waals surface area (Å²) in [6.07, 6.45) is 1.86. The monoisotopic (exact) mass is 279 g/mol. The molecule has 0 amide bonds. The number of ether oxygens (including phenoxy) is 2. The van der Waals surface area contributed by atoms with Gasteiger partial charge in [-0.2, -0.15) is 5.26 Å². The van der Waals surface area contributed by atoms with Gasteiger partial charge in [-0.15, -0.1) is 0 Å². The Kier molecular flexibility index (Phi) is 4.63. The second kappa shape index (κ2) is 6.62. The first-order chi connectivity index (χ1) is 10.2. The lowest BCUT2D eigenvalue weighted by molar-refractivity contribution is 0.355. The minimum atomic E-state index is 0.583. The van der Waals surface area contributed by atoms with Gasteiger partial charge in [0, 0.05) is 0 Å². The highest BCUT2D eigenvalue weighted by atomic mass is 16.5. The average Bonchev–Trinajstić information content (AvgIpc) is 2.53. The highest BCUT2D eigenvalue weighted by molar-refractivity contribution is 5.90. The fourth-order valence-electron chi connectivity index (χ4n) is 2.01. The molecule has 2 aromatic rings. The number of benzene rings is 2. The van der Waals surface area contributed by atoms with E-state index in [1.54, 1.807) is 20.3 Å². The quantitative estimate of drug-likeness (QED) is 0.625. The normalized spacial score (nSPS) is 10.9. The van der Waals surface area contributed by atoms with Crippen molar-refractivity contribution in [2.75, 3.05) is 14.2 Å². The number of methoxy groups -OCH3 is 2. The van der Waals surface area contributed by atoms with E-state index in [4.69, 9.17) is 9.47 Å². The number of allylic oxidation sites excluding steroid dienone is 1. The molecule has 0 aliphatic carbocycles. The molecule has 21 heavy (non-hydrogen) atoms. The fourth-order valence-corrected chi connectivity index (χ4v) is 2.01. The summed E-state index contributed by atoms with van der Waals surface area (Å²) in [6.45, 7) is 2.03. The summed E-state index contributed by atoms with van der Waals surface area (Å²) >= 11 is 0. The van der Waals surface area contributed by atoms with E-state index in [1.165, 1.54) is 5.56 Å². The summed E-state index contributed by atoms with van der Waals surface area (Å²) in [7, 11) is 3.17. The maximum atomic E-state index is 9.40. The van der Waals surface area contributed by atoms with Crippen molar-refractivity contribution in [3.63, 3.8) is 0 Å². The van der Waals surface area contributed by atoms with Crippen LogP contribution in [0.4, 0.5) is 0 Å². The van der Waals surface area contributed by atoms with Crippen molar-refractivity contribution in [1.82, 2.24) is 0 Å². The van der Waals surface area contributed by atoms with Crippen LogP contribution in [0.2, 0.25) is 0 Å². The van der Waals surface area contributed by atoms with Gasteiger partial charge in [-0.25, -0.2) is 0 Å². The largest absolute Gasteiger partial charge is 0.493 e. The van der Waals surface area contributed by atoms with Crippen LogP contribution < -0.4 is 9.47 Å². The topological polar surface area (TPSA) is 42.2 Å². The zero-order valence-electron chi connectivity index (χ0n) is 12.4. The lowest BCUT2D eigenvalue weighted by Gasteiger charge is -2.09. The van der Waals surface area contributed by atoms with Crippen LogP contribution in [-0.2, 0) is 0 Å². The molecule has 2 rings (SSSR count). The van der Waals surface area contributed by atoms with Crippen molar-refractivity contribution in [3.8, 4) is 17.6 Å². The van der Waals surface area contributed by atoms with Crippen LogP contribution in [0.5, 0.6) is 11.5 Å². The van der Waals surface area contributed by atoms with Crippen LogP contribution in [0.25, 0.3) is 11.6 Å². The molecule has 0 aliphatic heterocycles. The second-order valence-electron chi connectivity index (χ2n) is 4.65. The highest BCUT2D eigenvalue weighted by Crippen LogP contribution is 2.30. The van der Waals surface area contributed by atoms with Gasteiger partial charge in [0.25, 0.3) is 0 Å². The van der Waals surface area contributed by atoms with Crippen LogP contribution in [0, 0.1) is 18.3 Å². The van der Waals surface area contributed by atoms with Crippen molar-refractivity contribution in [2.45, 2.75) is 6.92 Å². The smallest absolute Gasteiger partial charge is 0.161 e. The summed E-state index contributed by atoms with van der Waals surface area (Å²) < 4.78 is 10.5. The predicted octanol–water partition coefficient (Wildman–Crippen LogP) is 4.08. The molecule has 2 aromatic carbocycles. The van der Waals surface area contributed by atoms with Crippen LogP contribution in [0.3, 0.4) is 0 Å². The number of rotatable bonds is 4. The molecule has 0 heterocycles. The Hall–Kier alpha value is -2.73. The Morgan fingerprint density at radius 3 is 2.24 bits per heavy atom. The van der Waals surface area contributed by atoms with Gasteiger partial charge in [0.05, 0.1) is 25.9 Å². The van der Waals surface area contributed by atoms with Gasteiger partial charge < -0.3 is 9.47 Å². The Bertz CT molecular complexity index is 694. The maximum absolute atomic E-state index is 9.40. The third-order valence-electron chi connectivity index (χ3n) is 3.20. The molecule has 0 radical (unpaired) electrons. The third kappa shape index (κ3) is 3.43. The Balaban J connectivity index is 2.42. The van der Waals surface area contributed by atoms with Gasteiger partial charge >= 0.3 is 0 Å². The second-order valence-corrected chi connectivity index (χ2v) is 4.65. The molecule has 0 aliphatic rings. The lowest BCUT2D eigenvalue weighted by atomic mass is 10.0. The molecular weight excluding hydrogens is 262 g/mol. The summed E-state index contributed by atoms with van der Waals surface area (Å²) in [4.78, 5) is 0. The van der Waals surface area contributed by atoms with E-state index in [1.807, 2.05) is 49.4 Å². The molecule has 0 saturated heterocycles. The molecule has 0 fully saturated rings. The van der Waals surface area contributed by atoms with E-state index < -0.39 is 0 Å². The molecule has 0 atom stereocenters.